The van der Waals surface area contributed by atoms with Gasteiger partial charge in [0.15, 0.2) is 5.96 Å². The van der Waals surface area contributed by atoms with E-state index in [1.165, 1.54) is 5.56 Å². The first-order chi connectivity index (χ1) is 10.2. The molecule has 1 aromatic heterocycles. The fourth-order valence-electron chi connectivity index (χ4n) is 2.49. The summed E-state index contributed by atoms with van der Waals surface area (Å²) >= 11 is 0. The van der Waals surface area contributed by atoms with Gasteiger partial charge in [0.05, 0.1) is 18.3 Å². The first kappa shape index (κ1) is 15.8. The normalized spacial score (nSPS) is 19.0. The predicted octanol–water partition coefficient (Wildman–Crippen LogP) is 1.57. The van der Waals surface area contributed by atoms with Crippen molar-refractivity contribution in [3.05, 3.63) is 17.0 Å². The van der Waals surface area contributed by atoms with Crippen molar-refractivity contribution in [2.75, 3.05) is 26.2 Å². The highest BCUT2D eigenvalue weighted by atomic mass is 16.5. The number of guanidine groups is 1. The molecule has 0 radical (unpaired) electrons. The van der Waals surface area contributed by atoms with E-state index in [9.17, 15) is 0 Å². The van der Waals surface area contributed by atoms with Crippen molar-refractivity contribution < 1.29 is 9.26 Å². The van der Waals surface area contributed by atoms with Crippen molar-refractivity contribution in [1.82, 2.24) is 15.8 Å². The molecule has 1 atom stereocenters. The lowest BCUT2D eigenvalue weighted by Crippen LogP contribution is -2.39. The van der Waals surface area contributed by atoms with Crippen LogP contribution in [0, 0.1) is 13.8 Å². The van der Waals surface area contributed by atoms with Crippen LogP contribution in [-0.2, 0) is 11.2 Å². The van der Waals surface area contributed by atoms with Gasteiger partial charge in [-0.25, -0.2) is 0 Å². The summed E-state index contributed by atoms with van der Waals surface area (Å²) in [4.78, 5) is 4.59. The van der Waals surface area contributed by atoms with Gasteiger partial charge in [0.1, 0.15) is 5.76 Å². The largest absolute Gasteiger partial charge is 0.376 e. The molecule has 118 valence electrons. The van der Waals surface area contributed by atoms with Crippen LogP contribution in [0.3, 0.4) is 0 Å². The SMILES string of the molecule is CCNC(=NCC1CCCO1)NCCc1c(C)noc1C. The molecule has 1 unspecified atom stereocenters. The topological polar surface area (TPSA) is 71.7 Å². The number of ether oxygens (including phenoxy) is 1. The monoisotopic (exact) mass is 294 g/mol. The Morgan fingerprint density at radius 1 is 1.38 bits per heavy atom. The fraction of sp³-hybridized carbons (Fsp3) is 0.733. The molecule has 0 bridgehead atoms. The van der Waals surface area contributed by atoms with Crippen molar-refractivity contribution >= 4 is 5.96 Å². The molecule has 1 aromatic rings. The fourth-order valence-corrected chi connectivity index (χ4v) is 2.49. The Balaban J connectivity index is 1.80. The molecule has 6 nitrogen and oxygen atoms in total. The van der Waals surface area contributed by atoms with Gasteiger partial charge >= 0.3 is 0 Å². The molecule has 6 heteroatoms. The minimum Gasteiger partial charge on any atom is -0.376 e. The van der Waals surface area contributed by atoms with E-state index in [-0.39, 0.29) is 6.10 Å². The summed E-state index contributed by atoms with van der Waals surface area (Å²) in [7, 11) is 0. The molecule has 1 aliphatic heterocycles. The third kappa shape index (κ3) is 4.74. The minimum atomic E-state index is 0.281. The number of nitrogens with one attached hydrogen (secondary N) is 2. The van der Waals surface area contributed by atoms with Gasteiger partial charge in [-0.05, 0) is 40.0 Å². The highest BCUT2D eigenvalue weighted by molar-refractivity contribution is 5.79. The Bertz CT molecular complexity index is 445. The van der Waals surface area contributed by atoms with Crippen LogP contribution in [0.4, 0.5) is 0 Å². The first-order valence-electron chi connectivity index (χ1n) is 7.76. The summed E-state index contributed by atoms with van der Waals surface area (Å²) in [5.74, 6) is 1.75. The smallest absolute Gasteiger partial charge is 0.191 e. The highest BCUT2D eigenvalue weighted by Crippen LogP contribution is 2.12. The van der Waals surface area contributed by atoms with Crippen molar-refractivity contribution in [2.45, 2.75) is 46.1 Å². The van der Waals surface area contributed by atoms with Crippen LogP contribution in [0.15, 0.2) is 9.52 Å². The van der Waals surface area contributed by atoms with Gasteiger partial charge in [-0.2, -0.15) is 0 Å². The average Bonchev–Trinajstić information content (AvgIpc) is 3.09. The zero-order valence-electron chi connectivity index (χ0n) is 13.2. The summed E-state index contributed by atoms with van der Waals surface area (Å²) in [5, 5.41) is 10.6. The number of aryl methyl sites for hydroxylation is 2. The maximum absolute atomic E-state index is 5.59. The van der Waals surface area contributed by atoms with Crippen molar-refractivity contribution in [3.63, 3.8) is 0 Å². The second-order valence-corrected chi connectivity index (χ2v) is 5.33. The molecular weight excluding hydrogens is 268 g/mol. The first-order valence-corrected chi connectivity index (χ1v) is 7.76. The lowest BCUT2D eigenvalue weighted by molar-refractivity contribution is 0.117. The Hall–Kier alpha value is -1.56. The molecule has 0 saturated carbocycles. The zero-order valence-corrected chi connectivity index (χ0v) is 13.2. The molecule has 0 spiro atoms. The van der Waals surface area contributed by atoms with Gasteiger partial charge in [-0.15, -0.1) is 0 Å². The van der Waals surface area contributed by atoms with E-state index < -0.39 is 0 Å². The van der Waals surface area contributed by atoms with Crippen LogP contribution >= 0.6 is 0 Å². The average molecular weight is 294 g/mol. The molecule has 21 heavy (non-hydrogen) atoms. The van der Waals surface area contributed by atoms with E-state index in [0.29, 0.717) is 0 Å². The van der Waals surface area contributed by atoms with Crippen LogP contribution < -0.4 is 10.6 Å². The molecule has 1 saturated heterocycles. The summed E-state index contributed by atoms with van der Waals surface area (Å²) in [6, 6.07) is 0. The maximum atomic E-state index is 5.59. The van der Waals surface area contributed by atoms with Gasteiger partial charge in [-0.1, -0.05) is 5.16 Å². The molecule has 0 amide bonds. The lowest BCUT2D eigenvalue weighted by atomic mass is 10.1. The third-order valence-electron chi connectivity index (χ3n) is 3.67. The van der Waals surface area contributed by atoms with Gasteiger partial charge in [0.2, 0.25) is 0 Å². The van der Waals surface area contributed by atoms with Gasteiger partial charge in [-0.3, -0.25) is 4.99 Å². The number of hydrogen-bond acceptors (Lipinski definition) is 4. The molecule has 1 aliphatic rings. The molecule has 2 N–H and O–H groups in total. The molecule has 0 aromatic carbocycles. The number of rotatable bonds is 6. The molecule has 2 rings (SSSR count). The van der Waals surface area contributed by atoms with E-state index in [1.807, 2.05) is 13.8 Å². The van der Waals surface area contributed by atoms with Gasteiger partial charge in [0.25, 0.3) is 0 Å². The zero-order chi connectivity index (χ0) is 15.1. The highest BCUT2D eigenvalue weighted by Gasteiger charge is 2.15. The van der Waals surface area contributed by atoms with E-state index in [4.69, 9.17) is 9.26 Å². The summed E-state index contributed by atoms with van der Waals surface area (Å²) < 4.78 is 10.8. The van der Waals surface area contributed by atoms with Gasteiger partial charge < -0.3 is 19.9 Å². The van der Waals surface area contributed by atoms with Crippen molar-refractivity contribution in [2.24, 2.45) is 4.99 Å². The molecule has 2 heterocycles. The summed E-state index contributed by atoms with van der Waals surface area (Å²) in [5.41, 5.74) is 2.15. The number of hydrogen-bond donors (Lipinski definition) is 2. The lowest BCUT2D eigenvalue weighted by Gasteiger charge is -2.12. The van der Waals surface area contributed by atoms with E-state index in [2.05, 4.69) is 27.7 Å². The molecule has 1 fully saturated rings. The van der Waals surface area contributed by atoms with Crippen LogP contribution in [-0.4, -0.2) is 43.5 Å². The number of aliphatic imine (C=N–C) groups is 1. The Morgan fingerprint density at radius 3 is 2.86 bits per heavy atom. The quantitative estimate of drug-likeness (QED) is 0.615. The van der Waals surface area contributed by atoms with Crippen LogP contribution in [0.2, 0.25) is 0 Å². The van der Waals surface area contributed by atoms with E-state index >= 15 is 0 Å². The Kier molecular flexibility index (Phi) is 6.04. The minimum absolute atomic E-state index is 0.281. The van der Waals surface area contributed by atoms with E-state index in [1.54, 1.807) is 0 Å². The second kappa shape index (κ2) is 8.02. The third-order valence-corrected chi connectivity index (χ3v) is 3.67. The maximum Gasteiger partial charge on any atom is 0.191 e. The molecular formula is C15H26N4O2. The number of nitrogens with zero attached hydrogens (tertiary/aromatic N) is 2. The van der Waals surface area contributed by atoms with Gasteiger partial charge in [0, 0.05) is 25.3 Å². The van der Waals surface area contributed by atoms with Crippen LogP contribution in [0.1, 0.15) is 36.8 Å². The molecule has 0 aliphatic carbocycles. The predicted molar refractivity (Wildman–Crippen MR) is 82.6 cm³/mol. The van der Waals surface area contributed by atoms with Crippen LogP contribution in [0.25, 0.3) is 0 Å². The van der Waals surface area contributed by atoms with Crippen LogP contribution in [0.5, 0.6) is 0 Å². The summed E-state index contributed by atoms with van der Waals surface area (Å²) in [6.07, 6.45) is 3.42. The van der Waals surface area contributed by atoms with E-state index in [0.717, 1.165) is 62.9 Å². The Morgan fingerprint density at radius 2 is 2.24 bits per heavy atom. The number of aromatic nitrogens is 1. The Labute approximate surface area is 126 Å². The standard InChI is InChI=1S/C15H26N4O2/c1-4-16-15(18-10-13-6-5-9-20-13)17-8-7-14-11(2)19-21-12(14)3/h13H,4-10H2,1-3H3,(H2,16,17,18). The van der Waals surface area contributed by atoms with Crippen molar-refractivity contribution in [3.8, 4) is 0 Å². The second-order valence-electron chi connectivity index (χ2n) is 5.33. The van der Waals surface area contributed by atoms with Crippen molar-refractivity contribution in [1.29, 1.82) is 0 Å². The summed E-state index contributed by atoms with van der Waals surface area (Å²) in [6.45, 7) is 9.24.